The Kier molecular flexibility index (Phi) is 1.86. The fourth-order valence-corrected chi connectivity index (χ4v) is 2.58. The molecule has 0 spiro atoms. The van der Waals surface area contributed by atoms with Gasteiger partial charge in [-0.05, 0) is 37.0 Å². The Morgan fingerprint density at radius 1 is 1.33 bits per heavy atom. The molecule has 1 aromatic carbocycles. The molecule has 1 heterocycles. The molecule has 0 bridgehead atoms. The summed E-state index contributed by atoms with van der Waals surface area (Å²) in [6, 6.07) is 3.74. The minimum atomic E-state index is 0.547. The smallest absolute Gasteiger partial charge is 0.151 e. The van der Waals surface area contributed by atoms with Crippen molar-refractivity contribution in [2.24, 2.45) is 0 Å². The Labute approximate surface area is 92.2 Å². The van der Waals surface area contributed by atoms with Crippen LogP contribution in [0.4, 0.5) is 0 Å². The molecule has 0 radical (unpaired) electrons. The predicted octanol–water partition coefficient (Wildman–Crippen LogP) is 3.12. The summed E-state index contributed by atoms with van der Waals surface area (Å²) in [4.78, 5) is 14.1. The van der Waals surface area contributed by atoms with Gasteiger partial charge in [-0.2, -0.15) is 0 Å². The first kappa shape index (κ1) is 8.98. The molecule has 1 aromatic heterocycles. The summed E-state index contributed by atoms with van der Waals surface area (Å²) >= 11 is 6.02. The number of aromatic nitrogens is 1. The van der Waals surface area contributed by atoms with Gasteiger partial charge in [0, 0.05) is 22.2 Å². The van der Waals surface area contributed by atoms with Gasteiger partial charge in [0.15, 0.2) is 6.29 Å². The molecule has 0 amide bonds. The number of hydrogen-bond acceptors (Lipinski definition) is 1. The van der Waals surface area contributed by atoms with Crippen LogP contribution in [-0.4, -0.2) is 11.3 Å². The maximum Gasteiger partial charge on any atom is 0.151 e. The molecule has 1 aliphatic rings. The third-order valence-electron chi connectivity index (χ3n) is 3.09. The summed E-state index contributed by atoms with van der Waals surface area (Å²) in [6.45, 7) is 0. The highest BCUT2D eigenvalue weighted by molar-refractivity contribution is 6.33. The van der Waals surface area contributed by atoms with Crippen molar-refractivity contribution in [1.82, 2.24) is 4.98 Å². The van der Waals surface area contributed by atoms with Gasteiger partial charge in [-0.15, -0.1) is 0 Å². The third-order valence-corrected chi connectivity index (χ3v) is 3.42. The van der Waals surface area contributed by atoms with Crippen LogP contribution in [0.3, 0.4) is 0 Å². The number of aromatic amines is 1. The third kappa shape index (κ3) is 1.21. The van der Waals surface area contributed by atoms with Crippen LogP contribution in [0.25, 0.3) is 10.9 Å². The Morgan fingerprint density at radius 3 is 3.00 bits per heavy atom. The van der Waals surface area contributed by atoms with E-state index in [0.717, 1.165) is 24.6 Å². The first-order valence-corrected chi connectivity index (χ1v) is 5.45. The van der Waals surface area contributed by atoms with E-state index in [0.29, 0.717) is 10.6 Å². The lowest BCUT2D eigenvalue weighted by molar-refractivity contribution is 0.112. The molecule has 0 saturated carbocycles. The number of H-pyrrole nitrogens is 1. The maximum atomic E-state index is 10.7. The van der Waals surface area contributed by atoms with Gasteiger partial charge in [0.2, 0.25) is 0 Å². The van der Waals surface area contributed by atoms with E-state index in [1.165, 1.54) is 23.1 Å². The molecule has 0 unspecified atom stereocenters. The van der Waals surface area contributed by atoms with Gasteiger partial charge in [-0.1, -0.05) is 11.6 Å². The lowest BCUT2D eigenvalue weighted by Gasteiger charge is -1.98. The minimum absolute atomic E-state index is 0.547. The first-order chi connectivity index (χ1) is 7.29. The molecule has 3 rings (SSSR count). The molecule has 3 heteroatoms. The zero-order chi connectivity index (χ0) is 10.4. The largest absolute Gasteiger partial charge is 0.358 e. The number of carbonyl (C=O) groups is 1. The van der Waals surface area contributed by atoms with Crippen molar-refractivity contribution in [3.8, 4) is 0 Å². The maximum absolute atomic E-state index is 10.7. The Hall–Kier alpha value is -1.28. The number of halogens is 1. The average Bonchev–Trinajstić information content (AvgIpc) is 2.77. The molecule has 0 aliphatic heterocycles. The van der Waals surface area contributed by atoms with E-state index in [9.17, 15) is 4.79 Å². The minimum Gasteiger partial charge on any atom is -0.358 e. The number of hydrogen-bond donors (Lipinski definition) is 1. The van der Waals surface area contributed by atoms with Crippen LogP contribution in [-0.2, 0) is 12.8 Å². The summed E-state index contributed by atoms with van der Waals surface area (Å²) in [5.41, 5.74) is 4.28. The van der Waals surface area contributed by atoms with Crippen molar-refractivity contribution < 1.29 is 4.79 Å². The Balaban J connectivity index is 2.35. The zero-order valence-corrected chi connectivity index (χ0v) is 8.90. The molecular formula is C12H10ClNO. The number of benzene rings is 1. The molecule has 0 fully saturated rings. The van der Waals surface area contributed by atoms with E-state index in [-0.39, 0.29) is 0 Å². The molecule has 0 saturated heterocycles. The standard InChI is InChI=1S/C12H10ClNO/c13-10-5-9-8-2-1-3-11(8)14-12(9)4-7(10)6-15/h4-6,14H,1-3H2. The van der Waals surface area contributed by atoms with Crippen molar-refractivity contribution in [3.63, 3.8) is 0 Å². The average molecular weight is 220 g/mol. The van der Waals surface area contributed by atoms with Gasteiger partial charge in [-0.3, -0.25) is 4.79 Å². The quantitative estimate of drug-likeness (QED) is 0.735. The van der Waals surface area contributed by atoms with E-state index in [2.05, 4.69) is 4.98 Å². The van der Waals surface area contributed by atoms with Crippen LogP contribution in [0, 0.1) is 0 Å². The van der Waals surface area contributed by atoms with Gasteiger partial charge in [0.05, 0.1) is 5.02 Å². The highest BCUT2D eigenvalue weighted by Gasteiger charge is 2.17. The Bertz CT molecular complexity index is 556. The first-order valence-electron chi connectivity index (χ1n) is 5.08. The van der Waals surface area contributed by atoms with E-state index >= 15 is 0 Å². The molecule has 1 N–H and O–H groups in total. The fraction of sp³-hybridized carbons (Fsp3) is 0.250. The fourth-order valence-electron chi connectivity index (χ4n) is 2.37. The molecule has 0 atom stereocenters. The van der Waals surface area contributed by atoms with Gasteiger partial charge in [-0.25, -0.2) is 0 Å². The topological polar surface area (TPSA) is 32.9 Å². The highest BCUT2D eigenvalue weighted by Crippen LogP contribution is 2.32. The molecule has 1 aliphatic carbocycles. The summed E-state index contributed by atoms with van der Waals surface area (Å²) in [7, 11) is 0. The Morgan fingerprint density at radius 2 is 2.20 bits per heavy atom. The van der Waals surface area contributed by atoms with Gasteiger partial charge in [0.1, 0.15) is 0 Å². The lowest BCUT2D eigenvalue weighted by Crippen LogP contribution is -1.83. The number of aryl methyl sites for hydroxylation is 2. The van der Waals surface area contributed by atoms with Crippen LogP contribution in [0.15, 0.2) is 12.1 Å². The summed E-state index contributed by atoms with van der Waals surface area (Å²) < 4.78 is 0. The van der Waals surface area contributed by atoms with Crippen molar-refractivity contribution in [2.75, 3.05) is 0 Å². The number of rotatable bonds is 1. The van der Waals surface area contributed by atoms with Crippen LogP contribution < -0.4 is 0 Å². The van der Waals surface area contributed by atoms with E-state index in [1.54, 1.807) is 0 Å². The zero-order valence-electron chi connectivity index (χ0n) is 8.14. The normalized spacial score (nSPS) is 14.5. The number of carbonyl (C=O) groups excluding carboxylic acids is 1. The SMILES string of the molecule is O=Cc1cc2[nH]c3c(c2cc1Cl)CCC3. The van der Waals surface area contributed by atoms with E-state index < -0.39 is 0 Å². The van der Waals surface area contributed by atoms with Crippen molar-refractivity contribution in [1.29, 1.82) is 0 Å². The second-order valence-corrected chi connectivity index (χ2v) is 4.38. The van der Waals surface area contributed by atoms with Crippen molar-refractivity contribution in [3.05, 3.63) is 34.0 Å². The summed E-state index contributed by atoms with van der Waals surface area (Å²) in [5, 5.41) is 1.73. The number of aldehydes is 1. The summed E-state index contributed by atoms with van der Waals surface area (Å²) in [5.74, 6) is 0. The summed E-state index contributed by atoms with van der Waals surface area (Å²) in [6.07, 6.45) is 4.24. The van der Waals surface area contributed by atoms with Gasteiger partial charge >= 0.3 is 0 Å². The van der Waals surface area contributed by atoms with Crippen LogP contribution in [0.2, 0.25) is 5.02 Å². The van der Waals surface area contributed by atoms with Gasteiger partial charge < -0.3 is 4.98 Å². The molecule has 2 aromatic rings. The highest BCUT2D eigenvalue weighted by atomic mass is 35.5. The lowest BCUT2D eigenvalue weighted by atomic mass is 10.1. The second kappa shape index (κ2) is 3.11. The van der Waals surface area contributed by atoms with Crippen LogP contribution in [0.1, 0.15) is 28.0 Å². The van der Waals surface area contributed by atoms with E-state index in [4.69, 9.17) is 11.6 Å². The van der Waals surface area contributed by atoms with E-state index in [1.807, 2.05) is 12.1 Å². The second-order valence-electron chi connectivity index (χ2n) is 3.97. The number of fused-ring (bicyclic) bond motifs is 3. The molecule has 15 heavy (non-hydrogen) atoms. The van der Waals surface area contributed by atoms with Crippen LogP contribution >= 0.6 is 11.6 Å². The number of nitrogens with one attached hydrogen (secondary N) is 1. The van der Waals surface area contributed by atoms with Gasteiger partial charge in [0.25, 0.3) is 0 Å². The monoisotopic (exact) mass is 219 g/mol. The van der Waals surface area contributed by atoms with Crippen LogP contribution in [0.5, 0.6) is 0 Å². The molecule has 76 valence electrons. The van der Waals surface area contributed by atoms with Crippen molar-refractivity contribution >= 4 is 28.8 Å². The molecule has 2 nitrogen and oxygen atoms in total. The molecular weight excluding hydrogens is 210 g/mol. The predicted molar refractivity (Wildman–Crippen MR) is 60.7 cm³/mol. The van der Waals surface area contributed by atoms with Crippen molar-refractivity contribution in [2.45, 2.75) is 19.3 Å².